The third-order valence-corrected chi connectivity index (χ3v) is 6.65. The van der Waals surface area contributed by atoms with Gasteiger partial charge in [-0.05, 0) is 37.9 Å². The van der Waals surface area contributed by atoms with Crippen molar-refractivity contribution in [2.75, 3.05) is 12.8 Å². The zero-order valence-corrected chi connectivity index (χ0v) is 17.0. The Balaban J connectivity index is 1.38. The predicted molar refractivity (Wildman–Crippen MR) is 106 cm³/mol. The molecule has 2 aliphatic carbocycles. The highest BCUT2D eigenvalue weighted by Crippen LogP contribution is 2.33. The van der Waals surface area contributed by atoms with Crippen LogP contribution in [-0.4, -0.2) is 33.5 Å². The van der Waals surface area contributed by atoms with E-state index in [4.69, 9.17) is 0 Å². The van der Waals surface area contributed by atoms with Crippen molar-refractivity contribution < 1.29 is 4.79 Å². The Bertz CT molecular complexity index is 562. The van der Waals surface area contributed by atoms with Crippen LogP contribution in [0.5, 0.6) is 0 Å². The third-order valence-electron chi connectivity index (χ3n) is 6.01. The van der Waals surface area contributed by atoms with Crippen LogP contribution >= 0.6 is 11.8 Å². The van der Waals surface area contributed by atoms with E-state index in [-0.39, 0.29) is 5.91 Å². The first-order valence-corrected chi connectivity index (χ1v) is 11.7. The van der Waals surface area contributed by atoms with Gasteiger partial charge in [-0.2, -0.15) is 0 Å². The van der Waals surface area contributed by atoms with Crippen molar-refractivity contribution in [1.29, 1.82) is 0 Å². The Hall–Kier alpha value is -1.04. The number of amides is 1. The van der Waals surface area contributed by atoms with Crippen molar-refractivity contribution in [3.8, 4) is 0 Å². The molecule has 0 spiro atoms. The van der Waals surface area contributed by atoms with E-state index in [1.807, 2.05) is 0 Å². The summed E-state index contributed by atoms with van der Waals surface area (Å²) < 4.78 is 2.36. The van der Waals surface area contributed by atoms with Crippen molar-refractivity contribution >= 4 is 17.7 Å². The van der Waals surface area contributed by atoms with Crippen LogP contribution < -0.4 is 5.32 Å². The number of aryl methyl sites for hydroxylation is 1. The number of thioether (sulfide) groups is 1. The molecule has 1 heterocycles. The molecule has 5 nitrogen and oxygen atoms in total. The van der Waals surface area contributed by atoms with E-state index in [0.717, 1.165) is 42.7 Å². The second-order valence-electron chi connectivity index (χ2n) is 7.91. The minimum absolute atomic E-state index is 0.220. The van der Waals surface area contributed by atoms with Gasteiger partial charge in [0.25, 0.3) is 0 Å². The van der Waals surface area contributed by atoms with Crippen molar-refractivity contribution in [2.45, 2.75) is 94.7 Å². The zero-order valence-electron chi connectivity index (χ0n) is 16.2. The quantitative estimate of drug-likeness (QED) is 0.507. The van der Waals surface area contributed by atoms with Crippen LogP contribution in [-0.2, 0) is 11.2 Å². The summed E-state index contributed by atoms with van der Waals surface area (Å²) in [5.41, 5.74) is 0. The van der Waals surface area contributed by atoms with Crippen molar-refractivity contribution in [2.24, 2.45) is 5.92 Å². The minimum atomic E-state index is 0.220. The fourth-order valence-corrected chi connectivity index (χ4v) is 5.09. The maximum atomic E-state index is 12.1. The fraction of sp³-hybridized carbons (Fsp3) is 0.850. The highest BCUT2D eigenvalue weighted by Gasteiger charge is 2.23. The molecule has 0 bridgehead atoms. The molecule has 1 amide bonds. The maximum absolute atomic E-state index is 12.1. The van der Waals surface area contributed by atoms with Gasteiger partial charge in [0.05, 0.1) is 0 Å². The van der Waals surface area contributed by atoms with E-state index in [9.17, 15) is 4.79 Å². The van der Waals surface area contributed by atoms with Crippen LogP contribution in [0.4, 0.5) is 0 Å². The van der Waals surface area contributed by atoms with Crippen LogP contribution in [0.1, 0.15) is 88.9 Å². The molecular formula is C20H34N4OS. The second kappa shape index (κ2) is 10.3. The summed E-state index contributed by atoms with van der Waals surface area (Å²) in [6.07, 6.45) is 17.5. The zero-order chi connectivity index (χ0) is 18.2. The summed E-state index contributed by atoms with van der Waals surface area (Å²) >= 11 is 1.69. The maximum Gasteiger partial charge on any atom is 0.220 e. The van der Waals surface area contributed by atoms with Crippen LogP contribution in [0.2, 0.25) is 0 Å². The van der Waals surface area contributed by atoms with Gasteiger partial charge in [-0.3, -0.25) is 4.79 Å². The Kier molecular flexibility index (Phi) is 7.84. The molecule has 0 radical (unpaired) electrons. The molecule has 26 heavy (non-hydrogen) atoms. The molecule has 1 aromatic heterocycles. The summed E-state index contributed by atoms with van der Waals surface area (Å²) in [5.74, 6) is 2.10. The highest BCUT2D eigenvalue weighted by molar-refractivity contribution is 7.98. The Labute approximate surface area is 162 Å². The van der Waals surface area contributed by atoms with Gasteiger partial charge in [-0.1, -0.05) is 56.7 Å². The standard InChI is InChI=1S/C20H34N4OS/c1-26-20-23-22-18(24(20)17-10-5-6-11-17)12-7-15-21-19(25)14-13-16-8-3-2-4-9-16/h16-17H,2-15H2,1H3,(H,21,25). The smallest absolute Gasteiger partial charge is 0.220 e. The van der Waals surface area contributed by atoms with E-state index in [2.05, 4.69) is 26.3 Å². The van der Waals surface area contributed by atoms with Gasteiger partial charge >= 0.3 is 0 Å². The van der Waals surface area contributed by atoms with Crippen molar-refractivity contribution in [3.05, 3.63) is 5.82 Å². The van der Waals surface area contributed by atoms with Gasteiger partial charge in [0.1, 0.15) is 5.82 Å². The summed E-state index contributed by atoms with van der Waals surface area (Å²) in [5, 5.41) is 12.9. The first kappa shape index (κ1) is 19.7. The van der Waals surface area contributed by atoms with E-state index in [1.54, 1.807) is 11.8 Å². The molecule has 0 aromatic carbocycles. The van der Waals surface area contributed by atoms with Crippen LogP contribution in [0.15, 0.2) is 5.16 Å². The molecule has 0 atom stereocenters. The predicted octanol–water partition coefficient (Wildman–Crippen LogP) is 4.52. The summed E-state index contributed by atoms with van der Waals surface area (Å²) in [6, 6.07) is 0.576. The molecule has 2 saturated carbocycles. The molecule has 146 valence electrons. The Morgan fingerprint density at radius 3 is 2.58 bits per heavy atom. The number of hydrogen-bond donors (Lipinski definition) is 1. The lowest BCUT2D eigenvalue weighted by atomic mass is 9.86. The van der Waals surface area contributed by atoms with Crippen LogP contribution in [0, 0.1) is 5.92 Å². The van der Waals surface area contributed by atoms with Gasteiger partial charge in [0.15, 0.2) is 5.16 Å². The SMILES string of the molecule is CSc1nnc(CCCNC(=O)CCC2CCCCC2)n1C1CCCC1. The molecule has 0 aliphatic heterocycles. The van der Waals surface area contributed by atoms with Crippen molar-refractivity contribution in [1.82, 2.24) is 20.1 Å². The minimum Gasteiger partial charge on any atom is -0.356 e. The third kappa shape index (κ3) is 5.48. The van der Waals surface area contributed by atoms with Gasteiger partial charge in [0, 0.05) is 25.4 Å². The number of carbonyl (C=O) groups is 1. The number of aromatic nitrogens is 3. The number of rotatable bonds is 9. The fourth-order valence-electron chi connectivity index (χ4n) is 4.52. The first-order valence-electron chi connectivity index (χ1n) is 10.5. The molecule has 0 unspecified atom stereocenters. The summed E-state index contributed by atoms with van der Waals surface area (Å²) in [4.78, 5) is 12.1. The topological polar surface area (TPSA) is 59.8 Å². The second-order valence-corrected chi connectivity index (χ2v) is 8.68. The number of nitrogens with zero attached hydrogens (tertiary/aromatic N) is 3. The number of nitrogens with one attached hydrogen (secondary N) is 1. The van der Waals surface area contributed by atoms with E-state index < -0.39 is 0 Å². The lowest BCUT2D eigenvalue weighted by Gasteiger charge is -2.21. The summed E-state index contributed by atoms with van der Waals surface area (Å²) in [7, 11) is 0. The van der Waals surface area contributed by atoms with Gasteiger partial charge < -0.3 is 9.88 Å². The largest absolute Gasteiger partial charge is 0.356 e. The van der Waals surface area contributed by atoms with E-state index in [0.29, 0.717) is 12.5 Å². The average Bonchev–Trinajstić information content (AvgIpc) is 3.33. The Morgan fingerprint density at radius 1 is 1.12 bits per heavy atom. The lowest BCUT2D eigenvalue weighted by molar-refractivity contribution is -0.121. The number of hydrogen-bond acceptors (Lipinski definition) is 4. The molecule has 1 aromatic rings. The summed E-state index contributed by atoms with van der Waals surface area (Å²) in [6.45, 7) is 0.746. The lowest BCUT2D eigenvalue weighted by Crippen LogP contribution is -2.25. The van der Waals surface area contributed by atoms with Gasteiger partial charge in [-0.15, -0.1) is 10.2 Å². The first-order chi connectivity index (χ1) is 12.8. The molecule has 2 aliphatic rings. The highest BCUT2D eigenvalue weighted by atomic mass is 32.2. The molecule has 3 rings (SSSR count). The van der Waals surface area contributed by atoms with Crippen LogP contribution in [0.3, 0.4) is 0 Å². The Morgan fingerprint density at radius 2 is 1.85 bits per heavy atom. The molecule has 1 N–H and O–H groups in total. The van der Waals surface area contributed by atoms with E-state index in [1.165, 1.54) is 57.8 Å². The van der Waals surface area contributed by atoms with Gasteiger partial charge in [-0.25, -0.2) is 0 Å². The molecule has 6 heteroatoms. The van der Waals surface area contributed by atoms with Gasteiger partial charge in [0.2, 0.25) is 5.91 Å². The number of carbonyl (C=O) groups excluding carboxylic acids is 1. The van der Waals surface area contributed by atoms with E-state index >= 15 is 0 Å². The van der Waals surface area contributed by atoms with Crippen LogP contribution in [0.25, 0.3) is 0 Å². The molecule has 2 fully saturated rings. The molecule has 0 saturated heterocycles. The molecular weight excluding hydrogens is 344 g/mol. The van der Waals surface area contributed by atoms with Crippen molar-refractivity contribution in [3.63, 3.8) is 0 Å². The normalized spacial score (nSPS) is 19.1. The average molecular weight is 379 g/mol. The monoisotopic (exact) mass is 378 g/mol.